The van der Waals surface area contributed by atoms with E-state index in [0.29, 0.717) is 41.6 Å². The Labute approximate surface area is 242 Å². The van der Waals surface area contributed by atoms with E-state index in [1.54, 1.807) is 49.8 Å². The van der Waals surface area contributed by atoms with E-state index in [2.05, 4.69) is 38.1 Å². The number of aryl methyl sites for hydroxylation is 1. The summed E-state index contributed by atoms with van der Waals surface area (Å²) in [5, 5.41) is 4.34. The molecule has 0 radical (unpaired) electrons. The van der Waals surface area contributed by atoms with E-state index in [9.17, 15) is 18.0 Å². The summed E-state index contributed by atoms with van der Waals surface area (Å²) in [5.41, 5.74) is 8.87. The maximum Gasteiger partial charge on any atom is 0.416 e. The molecule has 2 aromatic heterocycles. The highest BCUT2D eigenvalue weighted by Gasteiger charge is 2.35. The van der Waals surface area contributed by atoms with Crippen LogP contribution in [-0.4, -0.2) is 60.6 Å². The topological polar surface area (TPSA) is 97.9 Å². The average molecular weight is 583 g/mol. The van der Waals surface area contributed by atoms with E-state index >= 15 is 0 Å². The zero-order valence-corrected chi connectivity index (χ0v) is 23.8. The molecular weight excluding hydrogens is 549 g/mol. The molecule has 1 aromatic carbocycles. The smallest absolute Gasteiger partial charge is 0.416 e. The normalized spacial score (nSPS) is 15.8. The van der Waals surface area contributed by atoms with Gasteiger partial charge in [-0.25, -0.2) is 0 Å². The molecule has 1 saturated heterocycles. The monoisotopic (exact) mass is 582 g/mol. The van der Waals surface area contributed by atoms with Gasteiger partial charge in [-0.05, 0) is 50.2 Å². The number of rotatable bonds is 7. The number of likely N-dealkylation sites (N-methyl/N-ethyl adjacent to an activating group) is 1. The second kappa shape index (κ2) is 11.9. The minimum Gasteiger partial charge on any atom is -0.495 e. The Bertz CT molecular complexity index is 1500. The number of alkyl halides is 3. The Balaban J connectivity index is 1.40. The van der Waals surface area contributed by atoms with Crippen LogP contribution in [-0.2, 0) is 6.18 Å². The van der Waals surface area contributed by atoms with Crippen LogP contribution in [0.5, 0.6) is 5.75 Å². The molecule has 2 aliphatic heterocycles. The van der Waals surface area contributed by atoms with E-state index < -0.39 is 17.6 Å². The third-order valence-corrected chi connectivity index (χ3v) is 7.51. The quantitative estimate of drug-likeness (QED) is 0.376. The molecule has 0 atom stereocenters. The number of ether oxygens (including phenoxy) is 1. The van der Waals surface area contributed by atoms with Gasteiger partial charge in [0.25, 0.3) is 5.91 Å². The summed E-state index contributed by atoms with van der Waals surface area (Å²) in [6, 6.07) is 6.06. The third kappa shape index (κ3) is 6.11. The average Bonchev–Trinajstić information content (AvgIpc) is 3.48. The third-order valence-electron chi connectivity index (χ3n) is 7.51. The van der Waals surface area contributed by atoms with Crippen molar-refractivity contribution < 1.29 is 22.7 Å². The number of carbonyl (C=O) groups is 1. The maximum absolute atomic E-state index is 14.0. The predicted molar refractivity (Wildman–Crippen MR) is 155 cm³/mol. The lowest BCUT2D eigenvalue weighted by Crippen LogP contribution is -2.46. The molecule has 0 saturated carbocycles. The van der Waals surface area contributed by atoms with Gasteiger partial charge in [0.1, 0.15) is 5.75 Å². The SMILES string of the molecule is CCN1CCN(c2cc(NC(=O)c3cnc(C)c(N4C=C(c5cncc(OC)c5)NN4)c3)cc(C(F)(F)F)c2C)CC1. The van der Waals surface area contributed by atoms with Gasteiger partial charge in [-0.1, -0.05) is 6.92 Å². The van der Waals surface area contributed by atoms with Crippen LogP contribution < -0.4 is 30.9 Å². The van der Waals surface area contributed by atoms with E-state index in [1.165, 1.54) is 13.1 Å². The fourth-order valence-corrected chi connectivity index (χ4v) is 5.06. The number of nitrogens with one attached hydrogen (secondary N) is 3. The molecule has 3 aromatic rings. The summed E-state index contributed by atoms with van der Waals surface area (Å²) >= 11 is 0. The number of aromatic nitrogens is 2. The van der Waals surface area contributed by atoms with Crippen LogP contribution in [0.25, 0.3) is 5.70 Å². The molecule has 2 aliphatic rings. The number of amides is 1. The molecule has 0 spiro atoms. The zero-order valence-electron chi connectivity index (χ0n) is 23.8. The summed E-state index contributed by atoms with van der Waals surface area (Å²) in [7, 11) is 1.56. The molecule has 42 heavy (non-hydrogen) atoms. The molecule has 10 nitrogen and oxygen atoms in total. The van der Waals surface area contributed by atoms with Gasteiger partial charge in [0.2, 0.25) is 0 Å². The summed E-state index contributed by atoms with van der Waals surface area (Å²) < 4.78 is 47.4. The Morgan fingerprint density at radius 1 is 1.05 bits per heavy atom. The number of methoxy groups -OCH3 is 1. The number of carbonyl (C=O) groups excluding carboxylic acids is 1. The van der Waals surface area contributed by atoms with Crippen LogP contribution >= 0.6 is 0 Å². The fourth-order valence-electron chi connectivity index (χ4n) is 5.06. The number of anilines is 3. The first-order valence-electron chi connectivity index (χ1n) is 13.6. The highest BCUT2D eigenvalue weighted by atomic mass is 19.4. The summed E-state index contributed by atoms with van der Waals surface area (Å²) in [6.07, 6.45) is 1.89. The number of piperazine rings is 1. The molecule has 0 bridgehead atoms. The van der Waals surface area contributed by atoms with Crippen molar-refractivity contribution >= 4 is 28.7 Å². The second-order valence-electron chi connectivity index (χ2n) is 10.1. The van der Waals surface area contributed by atoms with E-state index in [-0.39, 0.29) is 16.8 Å². The molecule has 4 heterocycles. The fraction of sp³-hybridized carbons (Fsp3) is 0.345. The first-order chi connectivity index (χ1) is 20.1. The Hall–Kier alpha value is -4.36. The first kappa shape index (κ1) is 29.1. The van der Waals surface area contributed by atoms with Crippen LogP contribution in [0.4, 0.5) is 30.2 Å². The lowest BCUT2D eigenvalue weighted by Gasteiger charge is -2.37. The highest BCUT2D eigenvalue weighted by Crippen LogP contribution is 2.39. The summed E-state index contributed by atoms with van der Waals surface area (Å²) in [4.78, 5) is 26.1. The molecule has 0 unspecified atom stereocenters. The number of hydrogen-bond acceptors (Lipinski definition) is 9. The lowest BCUT2D eigenvalue weighted by molar-refractivity contribution is -0.138. The molecule has 5 rings (SSSR count). The number of nitrogens with zero attached hydrogens (tertiary/aromatic N) is 5. The molecule has 1 amide bonds. The minimum atomic E-state index is -4.57. The van der Waals surface area contributed by atoms with Crippen LogP contribution in [0.3, 0.4) is 0 Å². The van der Waals surface area contributed by atoms with Crippen LogP contribution in [0.2, 0.25) is 0 Å². The van der Waals surface area contributed by atoms with Gasteiger partial charge in [-0.2, -0.15) is 13.2 Å². The van der Waals surface area contributed by atoms with Crippen molar-refractivity contribution in [3.8, 4) is 5.75 Å². The van der Waals surface area contributed by atoms with Crippen molar-refractivity contribution in [1.82, 2.24) is 25.8 Å². The molecular formula is C29H33F3N8O2. The number of pyridine rings is 2. The van der Waals surface area contributed by atoms with Gasteiger partial charge in [0.15, 0.2) is 0 Å². The van der Waals surface area contributed by atoms with Crippen molar-refractivity contribution in [3.63, 3.8) is 0 Å². The molecule has 3 N–H and O–H groups in total. The van der Waals surface area contributed by atoms with Gasteiger partial charge < -0.3 is 25.3 Å². The molecule has 222 valence electrons. The first-order valence-corrected chi connectivity index (χ1v) is 13.6. The maximum atomic E-state index is 14.0. The lowest BCUT2D eigenvalue weighted by atomic mass is 10.0. The standard InChI is InChI=1S/C29H33F3N8O2/c1-5-38-6-8-39(9-7-38)26-13-22(12-24(18(26)2)29(30,31)32)35-28(41)21-11-27(19(3)34-15-21)40-17-25(36-37-40)20-10-23(42-4)16-33-14-20/h10-17,36-37H,5-9H2,1-4H3,(H,35,41). The Morgan fingerprint density at radius 3 is 2.50 bits per heavy atom. The van der Waals surface area contributed by atoms with Crippen molar-refractivity contribution in [3.05, 3.63) is 77.0 Å². The van der Waals surface area contributed by atoms with Crippen LogP contribution in [0.15, 0.2) is 49.1 Å². The minimum absolute atomic E-state index is 0.0710. The Kier molecular flexibility index (Phi) is 8.23. The molecule has 1 fully saturated rings. The van der Waals surface area contributed by atoms with Gasteiger partial charge in [-0.3, -0.25) is 19.8 Å². The van der Waals surface area contributed by atoms with Crippen molar-refractivity contribution in [2.24, 2.45) is 0 Å². The van der Waals surface area contributed by atoms with Gasteiger partial charge in [0.05, 0.1) is 41.5 Å². The molecule has 0 aliphatic carbocycles. The van der Waals surface area contributed by atoms with Gasteiger partial charge in [-0.15, -0.1) is 5.53 Å². The van der Waals surface area contributed by atoms with Crippen molar-refractivity contribution in [1.29, 1.82) is 0 Å². The number of benzene rings is 1. The highest BCUT2D eigenvalue weighted by molar-refractivity contribution is 6.05. The van der Waals surface area contributed by atoms with Crippen molar-refractivity contribution in [2.75, 3.05) is 55.1 Å². The van der Waals surface area contributed by atoms with Gasteiger partial charge in [0, 0.05) is 61.7 Å². The largest absolute Gasteiger partial charge is 0.495 e. The molecule has 13 heteroatoms. The Morgan fingerprint density at radius 2 is 1.81 bits per heavy atom. The van der Waals surface area contributed by atoms with Gasteiger partial charge >= 0.3 is 6.18 Å². The van der Waals surface area contributed by atoms with E-state index in [1.807, 2.05) is 11.0 Å². The van der Waals surface area contributed by atoms with Crippen molar-refractivity contribution in [2.45, 2.75) is 26.9 Å². The van der Waals surface area contributed by atoms with Crippen LogP contribution in [0.1, 0.15) is 39.7 Å². The summed E-state index contributed by atoms with van der Waals surface area (Å²) in [5.74, 6) is 0.0252. The number of hydrogen-bond donors (Lipinski definition) is 3. The number of halogens is 3. The zero-order chi connectivity index (χ0) is 30.0. The van der Waals surface area contributed by atoms with Crippen LogP contribution in [0, 0.1) is 13.8 Å². The second-order valence-corrected chi connectivity index (χ2v) is 10.1. The van der Waals surface area contributed by atoms with E-state index in [0.717, 1.165) is 31.3 Å². The predicted octanol–water partition coefficient (Wildman–Crippen LogP) is 4.34. The summed E-state index contributed by atoms with van der Waals surface area (Å²) in [6.45, 7) is 8.95. The number of hydrazine groups is 2. The van der Waals surface area contributed by atoms with E-state index in [4.69, 9.17) is 4.74 Å².